The number of ether oxygens (including phenoxy) is 1. The number of aryl methyl sites for hydroxylation is 1. The lowest BCUT2D eigenvalue weighted by atomic mass is 10.2. The van der Waals surface area contributed by atoms with E-state index in [-0.39, 0.29) is 11.8 Å². The zero-order valence-corrected chi connectivity index (χ0v) is 16.4. The number of carbonyl (C=O) groups is 1. The van der Waals surface area contributed by atoms with E-state index in [1.54, 1.807) is 37.3 Å². The summed E-state index contributed by atoms with van der Waals surface area (Å²) < 4.78 is 5.81. The highest BCUT2D eigenvalue weighted by Crippen LogP contribution is 2.28. The number of nitriles is 1. The molecular weight excluding hydrogens is 366 g/mol. The predicted octanol–water partition coefficient (Wildman–Crippen LogP) is 4.44. The molecule has 0 atom stereocenters. The Kier molecular flexibility index (Phi) is 6.05. The van der Waals surface area contributed by atoms with Crippen LogP contribution in [-0.2, 0) is 0 Å². The molecule has 3 aromatic rings. The number of aromatic nitrogens is 2. The highest BCUT2D eigenvalue weighted by atomic mass is 16.5. The lowest BCUT2D eigenvalue weighted by molar-refractivity contribution is 0.102. The fraction of sp³-hybridized carbons (Fsp3) is 0.182. The molecule has 1 heterocycles. The van der Waals surface area contributed by atoms with Crippen molar-refractivity contribution in [1.82, 2.24) is 9.97 Å². The number of hydrogen-bond donors (Lipinski definition) is 2. The van der Waals surface area contributed by atoms with Crippen molar-refractivity contribution >= 4 is 23.1 Å². The number of carbonyl (C=O) groups excluding carboxylic acids is 1. The molecule has 0 saturated heterocycles. The average Bonchev–Trinajstić information content (AvgIpc) is 2.69. The Bertz CT molecular complexity index is 1070. The Morgan fingerprint density at radius 1 is 1.07 bits per heavy atom. The largest absolute Gasteiger partial charge is 0.489 e. The molecule has 1 aromatic heterocycles. The summed E-state index contributed by atoms with van der Waals surface area (Å²) in [6.45, 7) is 5.61. The zero-order chi connectivity index (χ0) is 20.8. The molecule has 0 bridgehead atoms. The van der Waals surface area contributed by atoms with Crippen molar-refractivity contribution in [3.63, 3.8) is 0 Å². The van der Waals surface area contributed by atoms with Crippen LogP contribution in [0.1, 0.15) is 35.7 Å². The molecule has 3 rings (SSSR count). The minimum atomic E-state index is -0.423. The first-order valence-corrected chi connectivity index (χ1v) is 9.15. The summed E-state index contributed by atoms with van der Waals surface area (Å²) in [7, 11) is 0. The highest BCUT2D eigenvalue weighted by molar-refractivity contribution is 6.04. The fourth-order valence-electron chi connectivity index (χ4n) is 2.69. The molecule has 2 aromatic carbocycles. The van der Waals surface area contributed by atoms with Crippen LogP contribution in [-0.4, -0.2) is 22.0 Å². The second-order valence-electron chi connectivity index (χ2n) is 6.58. The molecule has 7 heteroatoms. The zero-order valence-electron chi connectivity index (χ0n) is 16.4. The van der Waals surface area contributed by atoms with Gasteiger partial charge in [-0.2, -0.15) is 5.26 Å². The van der Waals surface area contributed by atoms with Gasteiger partial charge in [-0.05, 0) is 45.0 Å². The van der Waals surface area contributed by atoms with E-state index in [4.69, 9.17) is 4.74 Å². The number of rotatable bonds is 6. The third-order valence-electron chi connectivity index (χ3n) is 3.88. The number of nitrogens with zero attached hydrogens (tertiary/aromatic N) is 3. The molecule has 0 radical (unpaired) electrons. The Hall–Kier alpha value is -3.92. The second kappa shape index (κ2) is 8.85. The van der Waals surface area contributed by atoms with E-state index in [0.29, 0.717) is 28.6 Å². The van der Waals surface area contributed by atoms with E-state index in [2.05, 4.69) is 26.7 Å². The van der Waals surface area contributed by atoms with Crippen molar-refractivity contribution in [2.75, 3.05) is 10.6 Å². The monoisotopic (exact) mass is 387 g/mol. The minimum Gasteiger partial charge on any atom is -0.489 e. The van der Waals surface area contributed by atoms with Gasteiger partial charge in [-0.3, -0.25) is 4.79 Å². The quantitative estimate of drug-likeness (QED) is 0.649. The van der Waals surface area contributed by atoms with Crippen molar-refractivity contribution in [3.05, 3.63) is 71.7 Å². The van der Waals surface area contributed by atoms with Gasteiger partial charge in [0.1, 0.15) is 29.2 Å². The van der Waals surface area contributed by atoms with Crippen molar-refractivity contribution in [2.24, 2.45) is 0 Å². The number of nitrogens with one attached hydrogen (secondary N) is 2. The number of anilines is 3. The standard InChI is InChI=1S/C22H21N5O2/c1-14(2)29-20-11-7-6-10-18(20)26-21-12-19(24-15(3)25-21)22(28)27-17-9-5-4-8-16(17)13-23/h4-12,14H,1-3H3,(H,27,28)(H,24,25,26). The van der Waals surface area contributed by atoms with Gasteiger partial charge in [0.2, 0.25) is 0 Å². The van der Waals surface area contributed by atoms with Crippen LogP contribution < -0.4 is 15.4 Å². The molecule has 0 fully saturated rings. The van der Waals surface area contributed by atoms with Gasteiger partial charge in [0.05, 0.1) is 23.0 Å². The van der Waals surface area contributed by atoms with E-state index in [9.17, 15) is 10.1 Å². The van der Waals surface area contributed by atoms with E-state index in [0.717, 1.165) is 5.69 Å². The molecule has 2 N–H and O–H groups in total. The van der Waals surface area contributed by atoms with Crippen LogP contribution in [0.2, 0.25) is 0 Å². The van der Waals surface area contributed by atoms with Gasteiger partial charge >= 0.3 is 0 Å². The number of hydrogen-bond acceptors (Lipinski definition) is 6. The predicted molar refractivity (Wildman–Crippen MR) is 111 cm³/mol. The average molecular weight is 387 g/mol. The van der Waals surface area contributed by atoms with Crippen molar-refractivity contribution in [1.29, 1.82) is 5.26 Å². The number of benzene rings is 2. The number of amides is 1. The van der Waals surface area contributed by atoms with Crippen LogP contribution in [0.4, 0.5) is 17.2 Å². The molecule has 0 spiro atoms. The van der Waals surface area contributed by atoms with Crippen LogP contribution in [0.15, 0.2) is 54.6 Å². The summed E-state index contributed by atoms with van der Waals surface area (Å²) in [5, 5.41) is 15.1. The molecule has 1 amide bonds. The molecule has 0 unspecified atom stereocenters. The topological polar surface area (TPSA) is 99.9 Å². The molecule has 7 nitrogen and oxygen atoms in total. The van der Waals surface area contributed by atoms with Gasteiger partial charge in [0.15, 0.2) is 0 Å². The summed E-state index contributed by atoms with van der Waals surface area (Å²) in [5.74, 6) is 1.17. The summed E-state index contributed by atoms with van der Waals surface area (Å²) in [6, 6.07) is 17.9. The summed E-state index contributed by atoms with van der Waals surface area (Å²) in [4.78, 5) is 21.3. The normalized spacial score (nSPS) is 10.3. The van der Waals surface area contributed by atoms with Gasteiger partial charge in [-0.25, -0.2) is 9.97 Å². The maximum absolute atomic E-state index is 12.7. The Morgan fingerprint density at radius 2 is 1.76 bits per heavy atom. The van der Waals surface area contributed by atoms with Crippen LogP contribution in [0, 0.1) is 18.3 Å². The van der Waals surface area contributed by atoms with E-state index in [1.807, 2.05) is 38.1 Å². The molecule has 0 aliphatic heterocycles. The van der Waals surface area contributed by atoms with Crippen LogP contribution in [0.3, 0.4) is 0 Å². The molecule has 0 aliphatic carbocycles. The third kappa shape index (κ3) is 5.08. The highest BCUT2D eigenvalue weighted by Gasteiger charge is 2.14. The molecule has 146 valence electrons. The van der Waals surface area contributed by atoms with Gasteiger partial charge in [-0.1, -0.05) is 24.3 Å². The summed E-state index contributed by atoms with van der Waals surface area (Å²) in [6.07, 6.45) is 0.0200. The molecule has 0 saturated carbocycles. The summed E-state index contributed by atoms with van der Waals surface area (Å²) >= 11 is 0. The van der Waals surface area contributed by atoms with Gasteiger partial charge in [0.25, 0.3) is 5.91 Å². The molecule has 0 aliphatic rings. The molecule has 29 heavy (non-hydrogen) atoms. The Morgan fingerprint density at radius 3 is 2.48 bits per heavy atom. The maximum Gasteiger partial charge on any atom is 0.274 e. The van der Waals surface area contributed by atoms with Crippen LogP contribution >= 0.6 is 0 Å². The Labute approximate surface area is 169 Å². The van der Waals surface area contributed by atoms with Crippen molar-refractivity contribution in [3.8, 4) is 11.8 Å². The van der Waals surface area contributed by atoms with E-state index in [1.165, 1.54) is 0 Å². The first-order chi connectivity index (χ1) is 14.0. The maximum atomic E-state index is 12.7. The lowest BCUT2D eigenvalue weighted by Gasteiger charge is -2.15. The fourth-order valence-corrected chi connectivity index (χ4v) is 2.69. The second-order valence-corrected chi connectivity index (χ2v) is 6.58. The first kappa shape index (κ1) is 19.8. The van der Waals surface area contributed by atoms with E-state index >= 15 is 0 Å². The Balaban J connectivity index is 1.85. The third-order valence-corrected chi connectivity index (χ3v) is 3.88. The molecular formula is C22H21N5O2. The van der Waals surface area contributed by atoms with Crippen molar-refractivity contribution in [2.45, 2.75) is 26.9 Å². The van der Waals surface area contributed by atoms with Crippen molar-refractivity contribution < 1.29 is 9.53 Å². The van der Waals surface area contributed by atoms with Gasteiger partial charge in [-0.15, -0.1) is 0 Å². The lowest BCUT2D eigenvalue weighted by Crippen LogP contribution is -2.16. The smallest absolute Gasteiger partial charge is 0.274 e. The van der Waals surface area contributed by atoms with E-state index < -0.39 is 5.91 Å². The van der Waals surface area contributed by atoms with Crippen LogP contribution in [0.25, 0.3) is 0 Å². The van der Waals surface area contributed by atoms with Gasteiger partial charge < -0.3 is 15.4 Å². The minimum absolute atomic E-state index is 0.0200. The van der Waals surface area contributed by atoms with Gasteiger partial charge in [0, 0.05) is 6.07 Å². The SMILES string of the molecule is Cc1nc(Nc2ccccc2OC(C)C)cc(C(=O)Nc2ccccc2C#N)n1. The summed E-state index contributed by atoms with van der Waals surface area (Å²) in [5.41, 5.74) is 1.74. The van der Waals surface area contributed by atoms with Crippen LogP contribution in [0.5, 0.6) is 5.75 Å². The first-order valence-electron chi connectivity index (χ1n) is 9.15. The number of para-hydroxylation sites is 3.